The van der Waals surface area contributed by atoms with Crippen molar-refractivity contribution in [2.75, 3.05) is 30.0 Å². The summed E-state index contributed by atoms with van der Waals surface area (Å²) in [7, 11) is 1.97. The molecule has 8 heteroatoms. The average Bonchev–Trinajstić information content (AvgIpc) is 2.56. The minimum atomic E-state index is 0.0897. The van der Waals surface area contributed by atoms with Crippen LogP contribution in [-0.2, 0) is 6.54 Å². The third kappa shape index (κ3) is 3.27. The topological polar surface area (TPSA) is 116 Å². The summed E-state index contributed by atoms with van der Waals surface area (Å²) in [4.78, 5) is 18.8. The number of hydrogen-bond donors (Lipinski definition) is 2. The van der Waals surface area contributed by atoms with E-state index in [0.29, 0.717) is 24.3 Å². The summed E-state index contributed by atoms with van der Waals surface area (Å²) in [5, 5.41) is 0. The van der Waals surface area contributed by atoms with E-state index in [2.05, 4.69) is 19.9 Å². The Morgan fingerprint density at radius 1 is 1.17 bits per heavy atom. The second-order valence-electron chi connectivity index (χ2n) is 5.29. The lowest BCUT2D eigenvalue weighted by Gasteiger charge is -2.19. The number of benzene rings is 1. The zero-order chi connectivity index (χ0) is 17.1. The summed E-state index contributed by atoms with van der Waals surface area (Å²) >= 11 is 0. The minimum absolute atomic E-state index is 0.0897. The fourth-order valence-electron chi connectivity index (χ4n) is 2.37. The van der Waals surface area contributed by atoms with Crippen molar-refractivity contribution in [2.24, 2.45) is 0 Å². The van der Waals surface area contributed by atoms with Gasteiger partial charge in [-0.3, -0.25) is 0 Å². The summed E-state index contributed by atoms with van der Waals surface area (Å²) in [5.41, 5.74) is 14.0. The maximum absolute atomic E-state index is 5.86. The molecule has 0 unspecified atom stereocenters. The first kappa shape index (κ1) is 15.7. The smallest absolute Gasteiger partial charge is 0.224 e. The maximum Gasteiger partial charge on any atom is 0.224 e. The highest BCUT2D eigenvalue weighted by molar-refractivity contribution is 5.81. The number of nitrogens with zero attached hydrogens (tertiary/aromatic N) is 5. The van der Waals surface area contributed by atoms with E-state index in [-0.39, 0.29) is 11.8 Å². The van der Waals surface area contributed by atoms with Crippen molar-refractivity contribution in [2.45, 2.75) is 13.5 Å². The largest absolute Gasteiger partial charge is 0.494 e. The molecule has 8 nitrogen and oxygen atoms in total. The van der Waals surface area contributed by atoms with Gasteiger partial charge in [0.25, 0.3) is 0 Å². The Morgan fingerprint density at radius 2 is 2.00 bits per heavy atom. The van der Waals surface area contributed by atoms with Gasteiger partial charge in [-0.05, 0) is 19.1 Å². The monoisotopic (exact) mass is 325 g/mol. The molecule has 2 aromatic heterocycles. The van der Waals surface area contributed by atoms with Gasteiger partial charge in [0.1, 0.15) is 5.75 Å². The lowest BCUT2D eigenvalue weighted by atomic mass is 10.2. The molecular formula is C16H19N7O. The normalized spacial score (nSPS) is 10.8. The van der Waals surface area contributed by atoms with Crippen LogP contribution in [0.2, 0.25) is 0 Å². The maximum atomic E-state index is 5.86. The molecule has 1 aromatic carbocycles. The van der Waals surface area contributed by atoms with Crippen LogP contribution in [0.5, 0.6) is 5.75 Å². The highest BCUT2D eigenvalue weighted by Gasteiger charge is 2.10. The van der Waals surface area contributed by atoms with Crippen LogP contribution in [0.1, 0.15) is 12.6 Å². The summed E-state index contributed by atoms with van der Waals surface area (Å²) < 4.78 is 5.53. The predicted molar refractivity (Wildman–Crippen MR) is 93.7 cm³/mol. The van der Waals surface area contributed by atoms with Gasteiger partial charge in [-0.1, -0.05) is 6.07 Å². The summed E-state index contributed by atoms with van der Waals surface area (Å²) in [6.45, 7) is 3.15. The van der Waals surface area contributed by atoms with Gasteiger partial charge in [0, 0.05) is 18.8 Å². The zero-order valence-corrected chi connectivity index (χ0v) is 13.6. The fourth-order valence-corrected chi connectivity index (χ4v) is 2.37. The number of ether oxygens (including phenoxy) is 1. The third-order valence-electron chi connectivity index (χ3n) is 3.47. The van der Waals surface area contributed by atoms with E-state index < -0.39 is 0 Å². The molecule has 24 heavy (non-hydrogen) atoms. The second-order valence-corrected chi connectivity index (χ2v) is 5.29. The molecular weight excluding hydrogens is 306 g/mol. The molecule has 2 heterocycles. The van der Waals surface area contributed by atoms with Crippen LogP contribution >= 0.6 is 0 Å². The number of aromatic nitrogens is 4. The summed E-state index contributed by atoms with van der Waals surface area (Å²) in [6.07, 6.45) is 1.66. The van der Waals surface area contributed by atoms with Crippen molar-refractivity contribution in [1.29, 1.82) is 0 Å². The van der Waals surface area contributed by atoms with Gasteiger partial charge < -0.3 is 21.1 Å². The van der Waals surface area contributed by atoms with Crippen LogP contribution < -0.4 is 21.1 Å². The Morgan fingerprint density at radius 3 is 2.79 bits per heavy atom. The first-order valence-corrected chi connectivity index (χ1v) is 7.55. The Hall–Kier alpha value is -3.16. The van der Waals surface area contributed by atoms with Crippen molar-refractivity contribution in [3.63, 3.8) is 0 Å². The SMILES string of the molecule is CCOc1cccc(N(C)Cc2cnc3nc(N)nc(N)c3n2)c1. The van der Waals surface area contributed by atoms with Gasteiger partial charge in [-0.25, -0.2) is 9.97 Å². The first-order chi connectivity index (χ1) is 11.6. The van der Waals surface area contributed by atoms with Crippen LogP contribution in [0, 0.1) is 0 Å². The predicted octanol–water partition coefficient (Wildman–Crippen LogP) is 1.62. The number of nitrogens with two attached hydrogens (primary N) is 2. The van der Waals surface area contributed by atoms with E-state index >= 15 is 0 Å². The Kier molecular flexibility index (Phi) is 4.28. The van der Waals surface area contributed by atoms with Crippen molar-refractivity contribution >= 4 is 28.6 Å². The van der Waals surface area contributed by atoms with Crippen molar-refractivity contribution in [3.05, 3.63) is 36.2 Å². The van der Waals surface area contributed by atoms with Crippen LogP contribution in [0.3, 0.4) is 0 Å². The van der Waals surface area contributed by atoms with Crippen LogP contribution in [-0.4, -0.2) is 33.6 Å². The van der Waals surface area contributed by atoms with E-state index in [9.17, 15) is 0 Å². The molecule has 0 fully saturated rings. The molecule has 0 amide bonds. The number of anilines is 3. The van der Waals surface area contributed by atoms with Crippen molar-refractivity contribution < 1.29 is 4.74 Å². The number of fused-ring (bicyclic) bond motifs is 1. The Bertz CT molecular complexity index is 868. The zero-order valence-electron chi connectivity index (χ0n) is 13.6. The lowest BCUT2D eigenvalue weighted by Crippen LogP contribution is -2.18. The third-order valence-corrected chi connectivity index (χ3v) is 3.47. The van der Waals surface area contributed by atoms with Crippen molar-refractivity contribution in [1.82, 2.24) is 19.9 Å². The van der Waals surface area contributed by atoms with Crippen molar-refractivity contribution in [3.8, 4) is 5.75 Å². The molecule has 0 radical (unpaired) electrons. The molecule has 0 aliphatic rings. The average molecular weight is 325 g/mol. The molecule has 0 bridgehead atoms. The molecule has 0 saturated carbocycles. The highest BCUT2D eigenvalue weighted by Crippen LogP contribution is 2.22. The fraction of sp³-hybridized carbons (Fsp3) is 0.250. The number of nitrogen functional groups attached to an aromatic ring is 2. The molecule has 0 aliphatic heterocycles. The Balaban J connectivity index is 1.85. The van der Waals surface area contributed by atoms with E-state index in [1.165, 1.54) is 0 Å². The number of hydrogen-bond acceptors (Lipinski definition) is 8. The van der Waals surface area contributed by atoms with Crippen LogP contribution in [0.15, 0.2) is 30.5 Å². The standard InChI is InChI=1S/C16H19N7O/c1-3-24-12-6-4-5-11(7-12)23(2)9-10-8-19-15-13(20-10)14(17)21-16(18)22-15/h4-8H,3,9H2,1-2H3,(H4,17,18,19,21,22). The molecule has 0 saturated heterocycles. The number of rotatable bonds is 5. The molecule has 0 atom stereocenters. The quantitative estimate of drug-likeness (QED) is 0.727. The van der Waals surface area contributed by atoms with E-state index in [4.69, 9.17) is 16.2 Å². The molecule has 4 N–H and O–H groups in total. The molecule has 0 aliphatic carbocycles. The molecule has 3 rings (SSSR count). The van der Waals surface area contributed by atoms with Gasteiger partial charge in [-0.2, -0.15) is 9.97 Å². The highest BCUT2D eigenvalue weighted by atomic mass is 16.5. The van der Waals surface area contributed by atoms with Crippen LogP contribution in [0.25, 0.3) is 11.2 Å². The first-order valence-electron chi connectivity index (χ1n) is 7.55. The van der Waals surface area contributed by atoms with E-state index in [0.717, 1.165) is 17.1 Å². The van der Waals surface area contributed by atoms with Gasteiger partial charge in [0.15, 0.2) is 17.0 Å². The molecule has 3 aromatic rings. The molecule has 124 valence electrons. The van der Waals surface area contributed by atoms with Crippen LogP contribution in [0.4, 0.5) is 17.5 Å². The lowest BCUT2D eigenvalue weighted by molar-refractivity contribution is 0.340. The summed E-state index contributed by atoms with van der Waals surface area (Å²) in [5.74, 6) is 1.15. The second kappa shape index (κ2) is 6.53. The summed E-state index contributed by atoms with van der Waals surface area (Å²) in [6, 6.07) is 7.88. The minimum Gasteiger partial charge on any atom is -0.494 e. The Labute approximate surface area is 139 Å². The van der Waals surface area contributed by atoms with E-state index in [1.807, 2.05) is 43.1 Å². The van der Waals surface area contributed by atoms with Gasteiger partial charge in [0.2, 0.25) is 5.95 Å². The molecule has 0 spiro atoms. The van der Waals surface area contributed by atoms with Gasteiger partial charge in [-0.15, -0.1) is 0 Å². The van der Waals surface area contributed by atoms with Gasteiger partial charge in [0.05, 0.1) is 25.0 Å². The van der Waals surface area contributed by atoms with Gasteiger partial charge >= 0.3 is 0 Å². The van der Waals surface area contributed by atoms with E-state index in [1.54, 1.807) is 6.20 Å².